The number of hydrogen-bond donors (Lipinski definition) is 1. The van der Waals surface area contributed by atoms with Crippen LogP contribution in [-0.4, -0.2) is 34.8 Å². The van der Waals surface area contributed by atoms with Gasteiger partial charge in [0, 0.05) is 6.04 Å². The molecular formula is C13H24N2O2. The standard InChI is InChI=1S/C13H24N2O2/c1-5-9(6-2)15-11(8-4)12(16)14-10(7-3)13(15)17/h9-11H,5-8H2,1-4H3,(H,14,16). The highest BCUT2D eigenvalue weighted by molar-refractivity contribution is 5.97. The summed E-state index contributed by atoms with van der Waals surface area (Å²) < 4.78 is 0. The summed E-state index contributed by atoms with van der Waals surface area (Å²) in [4.78, 5) is 26.2. The number of piperazine rings is 1. The van der Waals surface area contributed by atoms with Gasteiger partial charge in [-0.3, -0.25) is 9.59 Å². The summed E-state index contributed by atoms with van der Waals surface area (Å²) in [6, 6.07) is -0.423. The Bertz CT molecular complexity index is 287. The van der Waals surface area contributed by atoms with E-state index in [-0.39, 0.29) is 29.9 Å². The van der Waals surface area contributed by atoms with Crippen molar-refractivity contribution < 1.29 is 9.59 Å². The highest BCUT2D eigenvalue weighted by atomic mass is 16.2. The Kier molecular flexibility index (Phi) is 4.97. The molecule has 1 saturated heterocycles. The molecule has 1 aliphatic rings. The minimum atomic E-state index is -0.328. The fourth-order valence-corrected chi connectivity index (χ4v) is 2.56. The molecule has 2 amide bonds. The number of hydrogen-bond acceptors (Lipinski definition) is 2. The van der Waals surface area contributed by atoms with Crippen LogP contribution in [0.5, 0.6) is 0 Å². The molecule has 1 rings (SSSR count). The first-order valence-electron chi connectivity index (χ1n) is 6.73. The van der Waals surface area contributed by atoms with Crippen molar-refractivity contribution in [2.24, 2.45) is 0 Å². The van der Waals surface area contributed by atoms with E-state index in [0.29, 0.717) is 12.8 Å². The summed E-state index contributed by atoms with van der Waals surface area (Å²) >= 11 is 0. The number of rotatable bonds is 5. The maximum atomic E-state index is 12.3. The van der Waals surface area contributed by atoms with Crippen LogP contribution in [0.25, 0.3) is 0 Å². The van der Waals surface area contributed by atoms with E-state index >= 15 is 0 Å². The quantitative estimate of drug-likeness (QED) is 0.795. The number of carbonyl (C=O) groups excluding carboxylic acids is 2. The maximum Gasteiger partial charge on any atom is 0.246 e. The lowest BCUT2D eigenvalue weighted by atomic mass is 9.98. The lowest BCUT2D eigenvalue weighted by Gasteiger charge is -2.42. The zero-order chi connectivity index (χ0) is 13.0. The molecular weight excluding hydrogens is 216 g/mol. The second-order valence-corrected chi connectivity index (χ2v) is 4.61. The molecule has 98 valence electrons. The maximum absolute atomic E-state index is 12.3. The van der Waals surface area contributed by atoms with Gasteiger partial charge in [-0.15, -0.1) is 0 Å². The van der Waals surface area contributed by atoms with Crippen LogP contribution in [0.15, 0.2) is 0 Å². The monoisotopic (exact) mass is 240 g/mol. The van der Waals surface area contributed by atoms with E-state index in [1.54, 1.807) is 0 Å². The zero-order valence-electron chi connectivity index (χ0n) is 11.3. The Hall–Kier alpha value is -1.06. The highest BCUT2D eigenvalue weighted by Crippen LogP contribution is 2.21. The van der Waals surface area contributed by atoms with Gasteiger partial charge in [0.05, 0.1) is 0 Å². The Morgan fingerprint density at radius 1 is 1.12 bits per heavy atom. The van der Waals surface area contributed by atoms with Crippen molar-refractivity contribution in [3.8, 4) is 0 Å². The third kappa shape index (κ3) is 2.61. The van der Waals surface area contributed by atoms with Crippen LogP contribution in [0, 0.1) is 0 Å². The third-order valence-electron chi connectivity index (χ3n) is 3.64. The predicted octanol–water partition coefficient (Wildman–Crippen LogP) is 1.69. The normalized spacial score (nSPS) is 25.4. The fraction of sp³-hybridized carbons (Fsp3) is 0.846. The minimum Gasteiger partial charge on any atom is -0.343 e. The Morgan fingerprint density at radius 3 is 2.12 bits per heavy atom. The SMILES string of the molecule is CCC1NC(=O)C(CC)N(C(CC)CC)C1=O. The molecule has 1 N–H and O–H groups in total. The van der Waals surface area contributed by atoms with Crippen LogP contribution in [0.3, 0.4) is 0 Å². The molecule has 0 aromatic rings. The van der Waals surface area contributed by atoms with E-state index in [4.69, 9.17) is 0 Å². The molecule has 0 saturated carbocycles. The second-order valence-electron chi connectivity index (χ2n) is 4.61. The molecule has 4 nitrogen and oxygen atoms in total. The molecule has 0 spiro atoms. The molecule has 0 aliphatic carbocycles. The first kappa shape index (κ1) is 14.0. The smallest absolute Gasteiger partial charge is 0.246 e. The summed E-state index contributed by atoms with van der Waals surface area (Å²) in [6.45, 7) is 8.03. The molecule has 0 aromatic heterocycles. The first-order valence-corrected chi connectivity index (χ1v) is 6.73. The summed E-state index contributed by atoms with van der Waals surface area (Å²) in [7, 11) is 0. The van der Waals surface area contributed by atoms with E-state index < -0.39 is 0 Å². The van der Waals surface area contributed by atoms with E-state index in [1.807, 2.05) is 18.7 Å². The van der Waals surface area contributed by atoms with Gasteiger partial charge in [0.2, 0.25) is 11.8 Å². The molecule has 0 radical (unpaired) electrons. The molecule has 2 atom stereocenters. The van der Waals surface area contributed by atoms with Crippen molar-refractivity contribution in [3.05, 3.63) is 0 Å². The van der Waals surface area contributed by atoms with E-state index in [1.165, 1.54) is 0 Å². The minimum absolute atomic E-state index is 0.00542. The molecule has 2 unspecified atom stereocenters. The van der Waals surface area contributed by atoms with Crippen molar-refractivity contribution in [1.29, 1.82) is 0 Å². The molecule has 1 fully saturated rings. The van der Waals surface area contributed by atoms with Gasteiger partial charge < -0.3 is 10.2 Å². The topological polar surface area (TPSA) is 49.4 Å². The fourth-order valence-electron chi connectivity index (χ4n) is 2.56. The average Bonchev–Trinajstić information content (AvgIpc) is 2.34. The Balaban J connectivity index is 2.99. The van der Waals surface area contributed by atoms with Gasteiger partial charge in [-0.1, -0.05) is 27.7 Å². The van der Waals surface area contributed by atoms with Crippen LogP contribution in [0.4, 0.5) is 0 Å². The Morgan fingerprint density at radius 2 is 1.71 bits per heavy atom. The van der Waals surface area contributed by atoms with E-state index in [0.717, 1.165) is 12.8 Å². The van der Waals surface area contributed by atoms with Gasteiger partial charge in [-0.25, -0.2) is 0 Å². The number of nitrogens with zero attached hydrogens (tertiary/aromatic N) is 1. The van der Waals surface area contributed by atoms with Gasteiger partial charge in [-0.05, 0) is 25.7 Å². The third-order valence-corrected chi connectivity index (χ3v) is 3.64. The summed E-state index contributed by atoms with van der Waals surface area (Å²) in [6.07, 6.45) is 3.16. The second kappa shape index (κ2) is 6.03. The van der Waals surface area contributed by atoms with Crippen LogP contribution in [0.2, 0.25) is 0 Å². The number of carbonyl (C=O) groups is 2. The van der Waals surface area contributed by atoms with Crippen molar-refractivity contribution in [3.63, 3.8) is 0 Å². The van der Waals surface area contributed by atoms with Gasteiger partial charge >= 0.3 is 0 Å². The van der Waals surface area contributed by atoms with E-state index in [2.05, 4.69) is 19.2 Å². The lowest BCUT2D eigenvalue weighted by Crippen LogP contribution is -2.65. The molecule has 17 heavy (non-hydrogen) atoms. The van der Waals surface area contributed by atoms with Crippen molar-refractivity contribution in [1.82, 2.24) is 10.2 Å². The van der Waals surface area contributed by atoms with Crippen LogP contribution in [-0.2, 0) is 9.59 Å². The predicted molar refractivity (Wildman–Crippen MR) is 67.5 cm³/mol. The summed E-state index contributed by atoms with van der Waals surface area (Å²) in [5.41, 5.74) is 0. The molecule has 1 aliphatic heterocycles. The van der Waals surface area contributed by atoms with Crippen LogP contribution in [0.1, 0.15) is 53.4 Å². The average molecular weight is 240 g/mol. The van der Waals surface area contributed by atoms with Crippen molar-refractivity contribution in [2.75, 3.05) is 0 Å². The van der Waals surface area contributed by atoms with Gasteiger partial charge in [0.15, 0.2) is 0 Å². The van der Waals surface area contributed by atoms with Gasteiger partial charge in [0.25, 0.3) is 0 Å². The lowest BCUT2D eigenvalue weighted by molar-refractivity contribution is -0.152. The molecule has 0 aromatic carbocycles. The highest BCUT2D eigenvalue weighted by Gasteiger charge is 2.41. The summed E-state index contributed by atoms with van der Waals surface area (Å²) in [5.74, 6) is 0.0958. The number of nitrogens with one attached hydrogen (secondary N) is 1. The Labute approximate surface area is 104 Å². The zero-order valence-corrected chi connectivity index (χ0v) is 11.3. The number of amides is 2. The van der Waals surface area contributed by atoms with Gasteiger partial charge in [0.1, 0.15) is 12.1 Å². The van der Waals surface area contributed by atoms with Crippen LogP contribution < -0.4 is 5.32 Å². The first-order chi connectivity index (χ1) is 8.10. The molecule has 0 bridgehead atoms. The largest absolute Gasteiger partial charge is 0.343 e. The van der Waals surface area contributed by atoms with Crippen LogP contribution >= 0.6 is 0 Å². The molecule has 1 heterocycles. The molecule has 4 heteroatoms. The van der Waals surface area contributed by atoms with E-state index in [9.17, 15) is 9.59 Å². The summed E-state index contributed by atoms with van der Waals surface area (Å²) in [5, 5.41) is 2.82. The van der Waals surface area contributed by atoms with Crippen molar-refractivity contribution in [2.45, 2.75) is 71.5 Å². The van der Waals surface area contributed by atoms with Crippen molar-refractivity contribution >= 4 is 11.8 Å². The van der Waals surface area contributed by atoms with Gasteiger partial charge in [-0.2, -0.15) is 0 Å².